The second-order valence-corrected chi connectivity index (χ2v) is 7.83. The van der Waals surface area contributed by atoms with Gasteiger partial charge >= 0.3 is 0 Å². The van der Waals surface area contributed by atoms with Gasteiger partial charge in [-0.2, -0.15) is 5.26 Å². The lowest BCUT2D eigenvalue weighted by Crippen LogP contribution is -2.18. The summed E-state index contributed by atoms with van der Waals surface area (Å²) in [7, 11) is 0. The van der Waals surface area contributed by atoms with Crippen LogP contribution in [0.2, 0.25) is 10.0 Å². The Morgan fingerprint density at radius 1 is 1.18 bits per heavy atom. The van der Waals surface area contributed by atoms with Gasteiger partial charge in [0.2, 0.25) is 0 Å². The molecule has 0 atom stereocenters. The van der Waals surface area contributed by atoms with Crippen molar-refractivity contribution in [1.82, 2.24) is 9.78 Å². The van der Waals surface area contributed by atoms with Gasteiger partial charge in [-0.3, -0.25) is 14.9 Å². The Kier molecular flexibility index (Phi) is 5.99. The number of benzene rings is 2. The number of thiocyanates is 1. The van der Waals surface area contributed by atoms with Crippen LogP contribution in [0.25, 0.3) is 5.69 Å². The maximum Gasteiger partial charge on any atom is 0.280 e. The molecule has 0 unspecified atom stereocenters. The highest BCUT2D eigenvalue weighted by molar-refractivity contribution is 8.03. The van der Waals surface area contributed by atoms with E-state index in [9.17, 15) is 4.79 Å². The van der Waals surface area contributed by atoms with Crippen molar-refractivity contribution in [2.45, 2.75) is 25.7 Å². The first-order valence-electron chi connectivity index (χ1n) is 8.30. The minimum Gasteiger partial charge on any atom is -0.295 e. The summed E-state index contributed by atoms with van der Waals surface area (Å²) in [6, 6.07) is 9.22. The molecule has 1 N–H and O–H groups in total. The molecule has 0 aliphatic rings. The topological polar surface area (TPSA) is 73.9 Å². The summed E-state index contributed by atoms with van der Waals surface area (Å²) in [5.74, 6) is 0. The van der Waals surface area contributed by atoms with Gasteiger partial charge in [0, 0.05) is 16.8 Å². The van der Waals surface area contributed by atoms with Gasteiger partial charge in [0.1, 0.15) is 5.40 Å². The van der Waals surface area contributed by atoms with E-state index in [0.29, 0.717) is 21.8 Å². The van der Waals surface area contributed by atoms with E-state index in [-0.39, 0.29) is 15.6 Å². The fraction of sp³-hybridized carbons (Fsp3) is 0.150. The molecule has 142 valence electrons. The van der Waals surface area contributed by atoms with Gasteiger partial charge < -0.3 is 0 Å². The Balaban J connectivity index is 2.01. The molecular weight excluding hydrogens is 415 g/mol. The predicted octanol–water partition coefficient (Wildman–Crippen LogP) is 5.72. The van der Waals surface area contributed by atoms with Crippen molar-refractivity contribution in [2.24, 2.45) is 4.99 Å². The van der Waals surface area contributed by atoms with Crippen molar-refractivity contribution in [3.05, 3.63) is 73.1 Å². The molecule has 1 heterocycles. The molecule has 0 fully saturated rings. The maximum atomic E-state index is 12.9. The van der Waals surface area contributed by atoms with E-state index in [0.717, 1.165) is 28.6 Å². The summed E-state index contributed by atoms with van der Waals surface area (Å²) in [6.07, 6.45) is 1.48. The minimum atomic E-state index is -0.202. The van der Waals surface area contributed by atoms with E-state index in [2.05, 4.69) is 10.1 Å². The summed E-state index contributed by atoms with van der Waals surface area (Å²) in [6.45, 7) is 5.78. The van der Waals surface area contributed by atoms with Crippen molar-refractivity contribution in [3.8, 4) is 11.1 Å². The Morgan fingerprint density at radius 3 is 2.61 bits per heavy atom. The molecule has 0 aliphatic carbocycles. The number of thioether (sulfide) groups is 1. The summed E-state index contributed by atoms with van der Waals surface area (Å²) in [4.78, 5) is 17.8. The Labute approximate surface area is 176 Å². The average molecular weight is 431 g/mol. The van der Waals surface area contributed by atoms with Crippen molar-refractivity contribution >= 4 is 46.9 Å². The number of hydrogen-bond donors (Lipinski definition) is 1. The van der Waals surface area contributed by atoms with E-state index in [1.807, 2.05) is 44.4 Å². The molecule has 0 spiro atoms. The highest BCUT2D eigenvalue weighted by atomic mass is 35.5. The zero-order valence-electron chi connectivity index (χ0n) is 15.4. The summed E-state index contributed by atoms with van der Waals surface area (Å²) >= 11 is 13.4. The van der Waals surface area contributed by atoms with Crippen molar-refractivity contribution in [3.63, 3.8) is 0 Å². The number of halogens is 2. The lowest BCUT2D eigenvalue weighted by atomic mass is 10.1. The van der Waals surface area contributed by atoms with Crippen LogP contribution in [-0.2, 0) is 0 Å². The number of aliphatic imine (C=N–C) groups is 1. The summed E-state index contributed by atoms with van der Waals surface area (Å²) in [5, 5.41) is 14.3. The number of aryl methyl sites for hydroxylation is 3. The molecule has 0 bridgehead atoms. The fourth-order valence-corrected chi connectivity index (χ4v) is 3.79. The van der Waals surface area contributed by atoms with Gasteiger partial charge in [-0.15, -0.1) is 0 Å². The number of aromatic amines is 1. The third-order valence-corrected chi connectivity index (χ3v) is 5.86. The predicted molar refractivity (Wildman–Crippen MR) is 116 cm³/mol. The molecule has 3 aromatic rings. The second-order valence-electron chi connectivity index (χ2n) is 6.24. The molecular formula is C20H16Cl2N4OS. The lowest BCUT2D eigenvalue weighted by molar-refractivity contribution is 0.828. The van der Waals surface area contributed by atoms with Crippen LogP contribution in [0.15, 0.2) is 45.0 Å². The second kappa shape index (κ2) is 8.27. The smallest absolute Gasteiger partial charge is 0.280 e. The van der Waals surface area contributed by atoms with E-state index in [4.69, 9.17) is 28.5 Å². The van der Waals surface area contributed by atoms with Gasteiger partial charge in [0.25, 0.3) is 5.56 Å². The first-order valence-corrected chi connectivity index (χ1v) is 9.88. The van der Waals surface area contributed by atoms with Crippen LogP contribution in [0.1, 0.15) is 22.4 Å². The normalized spacial score (nSPS) is 11.1. The zero-order chi connectivity index (χ0) is 20.4. The highest BCUT2D eigenvalue weighted by Crippen LogP contribution is 2.38. The van der Waals surface area contributed by atoms with Crippen LogP contribution in [0.3, 0.4) is 0 Å². The third kappa shape index (κ3) is 3.88. The Bertz CT molecular complexity index is 1190. The van der Waals surface area contributed by atoms with Crippen molar-refractivity contribution in [2.75, 3.05) is 0 Å². The largest absolute Gasteiger partial charge is 0.295 e. The van der Waals surface area contributed by atoms with Gasteiger partial charge in [0.15, 0.2) is 0 Å². The average Bonchev–Trinajstić information content (AvgIpc) is 2.92. The molecule has 8 heteroatoms. The first kappa shape index (κ1) is 20.3. The summed E-state index contributed by atoms with van der Waals surface area (Å²) < 4.78 is 1.51. The molecule has 0 aliphatic heterocycles. The number of nitriles is 1. The van der Waals surface area contributed by atoms with Crippen LogP contribution < -0.4 is 5.56 Å². The zero-order valence-corrected chi connectivity index (χ0v) is 17.7. The molecule has 3 rings (SSSR count). The van der Waals surface area contributed by atoms with E-state index in [1.54, 1.807) is 12.1 Å². The van der Waals surface area contributed by atoms with Crippen molar-refractivity contribution < 1.29 is 0 Å². The Hall–Kier alpha value is -2.46. The number of rotatable bonds is 4. The highest BCUT2D eigenvalue weighted by Gasteiger charge is 2.14. The quantitative estimate of drug-likeness (QED) is 0.326. The van der Waals surface area contributed by atoms with Crippen molar-refractivity contribution in [1.29, 1.82) is 5.26 Å². The molecule has 5 nitrogen and oxygen atoms in total. The van der Waals surface area contributed by atoms with Crippen LogP contribution in [-0.4, -0.2) is 16.0 Å². The van der Waals surface area contributed by atoms with Crippen LogP contribution >= 0.6 is 35.0 Å². The SMILES string of the molecule is Cc1ccc(-n2[nH]c(C)c(C=Nc3ccc(SC#N)c(Cl)c3Cl)c2=O)c(C)c1. The monoisotopic (exact) mass is 430 g/mol. The first-order chi connectivity index (χ1) is 13.3. The molecule has 1 aromatic heterocycles. The molecule has 0 saturated carbocycles. The fourth-order valence-electron chi connectivity index (χ4n) is 2.82. The van der Waals surface area contributed by atoms with Crippen LogP contribution in [0.5, 0.6) is 0 Å². The minimum absolute atomic E-state index is 0.202. The molecule has 0 amide bonds. The van der Waals surface area contributed by atoms with Gasteiger partial charge in [0.05, 0.1) is 27.0 Å². The number of aromatic nitrogens is 2. The third-order valence-electron chi connectivity index (χ3n) is 4.23. The standard InChI is InChI=1S/C20H16Cl2N4OS/c1-11-4-6-16(12(2)8-11)26-20(27)14(13(3)25-26)9-24-15-5-7-17(28-10-23)19(22)18(15)21/h4-9,25H,1-3H3. The maximum absolute atomic E-state index is 12.9. The molecule has 0 saturated heterocycles. The van der Waals surface area contributed by atoms with Crippen LogP contribution in [0, 0.1) is 31.4 Å². The van der Waals surface area contributed by atoms with Gasteiger partial charge in [-0.1, -0.05) is 40.9 Å². The van der Waals surface area contributed by atoms with E-state index < -0.39 is 0 Å². The number of H-pyrrole nitrogens is 1. The molecule has 2 aromatic carbocycles. The number of nitrogens with one attached hydrogen (secondary N) is 1. The molecule has 0 radical (unpaired) electrons. The number of nitrogens with zero attached hydrogens (tertiary/aromatic N) is 3. The lowest BCUT2D eigenvalue weighted by Gasteiger charge is -2.06. The van der Waals surface area contributed by atoms with Crippen LogP contribution in [0.4, 0.5) is 5.69 Å². The Morgan fingerprint density at radius 2 is 1.93 bits per heavy atom. The summed E-state index contributed by atoms with van der Waals surface area (Å²) in [5.41, 5.74) is 4.25. The number of hydrogen-bond acceptors (Lipinski definition) is 4. The van der Waals surface area contributed by atoms with Gasteiger partial charge in [-0.25, -0.2) is 4.68 Å². The van der Waals surface area contributed by atoms with E-state index in [1.165, 1.54) is 10.9 Å². The van der Waals surface area contributed by atoms with Gasteiger partial charge in [-0.05, 0) is 56.3 Å². The van der Waals surface area contributed by atoms with E-state index >= 15 is 0 Å². The molecule has 28 heavy (non-hydrogen) atoms.